The fraction of sp³-hybridized carbons (Fsp3) is 0.333. The van der Waals surface area contributed by atoms with Crippen LogP contribution in [-0.4, -0.2) is 37.7 Å². The standard InChI is InChI=1S/C15H19N3O2.2ClH/c1-20-9-8-16-11-14(19)18-10-13-5-2-4-12-6-3-7-17-15(12)13;;/h2-7,16H,8-11H2,1H3,(H,18,19);2*1H. The third-order valence-electron chi connectivity index (χ3n) is 2.96. The first-order valence-electron chi connectivity index (χ1n) is 6.60. The van der Waals surface area contributed by atoms with Crippen molar-refractivity contribution in [1.29, 1.82) is 0 Å². The lowest BCUT2D eigenvalue weighted by molar-refractivity contribution is -0.120. The number of ether oxygens (including phenoxy) is 1. The Morgan fingerprint density at radius 1 is 1.23 bits per heavy atom. The molecule has 0 aliphatic rings. The molecular weight excluding hydrogens is 325 g/mol. The maximum Gasteiger partial charge on any atom is 0.234 e. The number of benzene rings is 1. The van der Waals surface area contributed by atoms with Gasteiger partial charge in [0, 0.05) is 31.8 Å². The average Bonchev–Trinajstić information content (AvgIpc) is 2.49. The van der Waals surface area contributed by atoms with Crippen LogP contribution in [0.3, 0.4) is 0 Å². The molecule has 0 saturated heterocycles. The monoisotopic (exact) mass is 345 g/mol. The van der Waals surface area contributed by atoms with E-state index in [2.05, 4.69) is 15.6 Å². The number of carbonyl (C=O) groups excluding carboxylic acids is 1. The molecule has 1 aromatic heterocycles. The maximum atomic E-state index is 11.7. The van der Waals surface area contributed by atoms with E-state index in [0.29, 0.717) is 26.2 Å². The maximum absolute atomic E-state index is 11.7. The minimum Gasteiger partial charge on any atom is -0.383 e. The third-order valence-corrected chi connectivity index (χ3v) is 2.96. The van der Waals surface area contributed by atoms with Gasteiger partial charge in [-0.1, -0.05) is 24.3 Å². The Hall–Kier alpha value is -1.40. The van der Waals surface area contributed by atoms with Crippen LogP contribution >= 0.6 is 24.8 Å². The van der Waals surface area contributed by atoms with E-state index < -0.39 is 0 Å². The molecule has 0 saturated carbocycles. The number of rotatable bonds is 7. The minimum atomic E-state index is -0.0333. The van der Waals surface area contributed by atoms with E-state index in [1.54, 1.807) is 13.3 Å². The third kappa shape index (κ3) is 6.15. The van der Waals surface area contributed by atoms with Gasteiger partial charge in [-0.25, -0.2) is 0 Å². The van der Waals surface area contributed by atoms with Crippen LogP contribution in [0.15, 0.2) is 36.5 Å². The normalized spacial score (nSPS) is 9.68. The molecule has 0 radical (unpaired) electrons. The number of fused-ring (bicyclic) bond motifs is 1. The summed E-state index contributed by atoms with van der Waals surface area (Å²) in [6.45, 7) is 2.04. The van der Waals surface area contributed by atoms with Gasteiger partial charge in [-0.15, -0.1) is 24.8 Å². The molecule has 0 aliphatic heterocycles. The van der Waals surface area contributed by atoms with Crippen molar-refractivity contribution in [2.24, 2.45) is 0 Å². The molecule has 0 aliphatic carbocycles. The van der Waals surface area contributed by atoms with Gasteiger partial charge < -0.3 is 15.4 Å². The van der Waals surface area contributed by atoms with Crippen molar-refractivity contribution in [2.75, 3.05) is 26.8 Å². The summed E-state index contributed by atoms with van der Waals surface area (Å²) in [4.78, 5) is 16.0. The zero-order valence-corrected chi connectivity index (χ0v) is 14.0. The summed E-state index contributed by atoms with van der Waals surface area (Å²) < 4.78 is 4.90. The minimum absolute atomic E-state index is 0. The highest BCUT2D eigenvalue weighted by molar-refractivity contribution is 5.85. The number of halogens is 2. The number of amides is 1. The lowest BCUT2D eigenvalue weighted by Gasteiger charge is -2.08. The summed E-state index contributed by atoms with van der Waals surface area (Å²) in [7, 11) is 1.63. The number of hydrogen-bond acceptors (Lipinski definition) is 4. The highest BCUT2D eigenvalue weighted by atomic mass is 35.5. The van der Waals surface area contributed by atoms with E-state index in [1.165, 1.54) is 0 Å². The summed E-state index contributed by atoms with van der Waals surface area (Å²) in [5.41, 5.74) is 1.95. The SMILES string of the molecule is COCCNCC(=O)NCc1cccc2cccnc12.Cl.Cl. The Labute approximate surface area is 142 Å². The molecule has 22 heavy (non-hydrogen) atoms. The lowest BCUT2D eigenvalue weighted by Crippen LogP contribution is -2.34. The number of carbonyl (C=O) groups is 1. The molecule has 5 nitrogen and oxygen atoms in total. The first-order valence-corrected chi connectivity index (χ1v) is 6.60. The Bertz CT molecular complexity index is 576. The molecule has 2 aromatic rings. The summed E-state index contributed by atoms with van der Waals surface area (Å²) >= 11 is 0. The highest BCUT2D eigenvalue weighted by Gasteiger charge is 2.04. The average molecular weight is 346 g/mol. The second kappa shape index (κ2) is 11.2. The molecule has 1 heterocycles. The first-order chi connectivity index (χ1) is 9.81. The fourth-order valence-electron chi connectivity index (χ4n) is 1.94. The number of aromatic nitrogens is 1. The van der Waals surface area contributed by atoms with Crippen LogP contribution in [0.1, 0.15) is 5.56 Å². The molecular formula is C15H21Cl2N3O2. The van der Waals surface area contributed by atoms with Crippen LogP contribution in [-0.2, 0) is 16.1 Å². The van der Waals surface area contributed by atoms with Gasteiger partial charge in [0.2, 0.25) is 5.91 Å². The van der Waals surface area contributed by atoms with Gasteiger partial charge in [0.15, 0.2) is 0 Å². The lowest BCUT2D eigenvalue weighted by atomic mass is 10.1. The molecule has 1 aromatic carbocycles. The van der Waals surface area contributed by atoms with Crippen LogP contribution in [0.25, 0.3) is 10.9 Å². The van der Waals surface area contributed by atoms with Gasteiger partial charge >= 0.3 is 0 Å². The Morgan fingerprint density at radius 2 is 2.00 bits per heavy atom. The van der Waals surface area contributed by atoms with E-state index in [9.17, 15) is 4.79 Å². The molecule has 2 rings (SSSR count). The summed E-state index contributed by atoms with van der Waals surface area (Å²) in [5, 5.41) is 6.97. The fourth-order valence-corrected chi connectivity index (χ4v) is 1.94. The predicted octanol–water partition coefficient (Wildman–Crippen LogP) is 1.93. The molecule has 0 unspecified atom stereocenters. The summed E-state index contributed by atoms with van der Waals surface area (Å²) in [6.07, 6.45) is 1.76. The van der Waals surface area contributed by atoms with E-state index in [1.807, 2.05) is 30.3 Å². The van der Waals surface area contributed by atoms with Gasteiger partial charge in [-0.05, 0) is 11.6 Å². The highest BCUT2D eigenvalue weighted by Crippen LogP contribution is 2.15. The second-order valence-corrected chi connectivity index (χ2v) is 4.44. The van der Waals surface area contributed by atoms with Crippen molar-refractivity contribution in [3.63, 3.8) is 0 Å². The van der Waals surface area contributed by atoms with E-state index in [4.69, 9.17) is 4.74 Å². The number of methoxy groups -OCH3 is 1. The molecule has 2 N–H and O–H groups in total. The smallest absolute Gasteiger partial charge is 0.234 e. The van der Waals surface area contributed by atoms with Crippen LogP contribution in [0, 0.1) is 0 Å². The number of nitrogens with zero attached hydrogens (tertiary/aromatic N) is 1. The zero-order chi connectivity index (χ0) is 14.2. The molecule has 7 heteroatoms. The number of nitrogens with one attached hydrogen (secondary N) is 2. The van der Waals surface area contributed by atoms with Crippen molar-refractivity contribution in [3.05, 3.63) is 42.1 Å². The van der Waals surface area contributed by atoms with Gasteiger partial charge in [-0.3, -0.25) is 9.78 Å². The van der Waals surface area contributed by atoms with Crippen molar-refractivity contribution in [2.45, 2.75) is 6.54 Å². The van der Waals surface area contributed by atoms with E-state index in [-0.39, 0.29) is 30.7 Å². The molecule has 0 fully saturated rings. The summed E-state index contributed by atoms with van der Waals surface area (Å²) in [6, 6.07) is 9.89. The van der Waals surface area contributed by atoms with Crippen molar-refractivity contribution < 1.29 is 9.53 Å². The Morgan fingerprint density at radius 3 is 2.77 bits per heavy atom. The van der Waals surface area contributed by atoms with Gasteiger partial charge in [0.25, 0.3) is 0 Å². The van der Waals surface area contributed by atoms with Gasteiger partial charge in [0.05, 0.1) is 18.7 Å². The molecule has 0 spiro atoms. The van der Waals surface area contributed by atoms with E-state index >= 15 is 0 Å². The van der Waals surface area contributed by atoms with E-state index in [0.717, 1.165) is 16.5 Å². The largest absolute Gasteiger partial charge is 0.383 e. The Kier molecular flexibility index (Phi) is 10.5. The predicted molar refractivity (Wildman–Crippen MR) is 92.8 cm³/mol. The van der Waals surface area contributed by atoms with Crippen LogP contribution in [0.4, 0.5) is 0 Å². The molecule has 0 bridgehead atoms. The van der Waals surface area contributed by atoms with Crippen molar-refractivity contribution in [1.82, 2.24) is 15.6 Å². The van der Waals surface area contributed by atoms with Gasteiger partial charge in [-0.2, -0.15) is 0 Å². The Balaban J connectivity index is 0.00000220. The van der Waals surface area contributed by atoms with Crippen molar-refractivity contribution >= 4 is 41.6 Å². The second-order valence-electron chi connectivity index (χ2n) is 4.44. The first kappa shape index (κ1) is 20.6. The van der Waals surface area contributed by atoms with Crippen LogP contribution in [0.5, 0.6) is 0 Å². The quantitative estimate of drug-likeness (QED) is 0.752. The van der Waals surface area contributed by atoms with Gasteiger partial charge in [0.1, 0.15) is 0 Å². The zero-order valence-electron chi connectivity index (χ0n) is 12.4. The van der Waals surface area contributed by atoms with Crippen LogP contribution < -0.4 is 10.6 Å². The number of pyridine rings is 1. The van der Waals surface area contributed by atoms with Crippen molar-refractivity contribution in [3.8, 4) is 0 Å². The molecule has 1 amide bonds. The molecule has 122 valence electrons. The number of para-hydroxylation sites is 1. The molecule has 0 atom stereocenters. The number of hydrogen-bond donors (Lipinski definition) is 2. The summed E-state index contributed by atoms with van der Waals surface area (Å²) in [5.74, 6) is -0.0333. The van der Waals surface area contributed by atoms with Crippen LogP contribution in [0.2, 0.25) is 0 Å². The topological polar surface area (TPSA) is 63.2 Å².